The second kappa shape index (κ2) is 12.3. The number of aryl methyl sites for hydroxylation is 4. The maximum absolute atomic E-state index is 13.9. The van der Waals surface area contributed by atoms with E-state index in [9.17, 15) is 9.59 Å². The molecule has 2 heterocycles. The topological polar surface area (TPSA) is 66.1 Å². The molecule has 0 unspecified atom stereocenters. The Bertz CT molecular complexity index is 1800. The highest BCUT2D eigenvalue weighted by Crippen LogP contribution is 2.24. The van der Waals surface area contributed by atoms with E-state index in [0.29, 0.717) is 17.3 Å². The molecule has 5 rings (SSSR count). The molecule has 0 amide bonds. The summed E-state index contributed by atoms with van der Waals surface area (Å²) in [6.07, 6.45) is 3.46. The molecule has 0 saturated heterocycles. The van der Waals surface area contributed by atoms with Gasteiger partial charge in [0, 0.05) is 11.8 Å². The monoisotopic (exact) mass is 579 g/mol. The molecule has 3 aromatic carbocycles. The van der Waals surface area contributed by atoms with Gasteiger partial charge >= 0.3 is 0 Å². The predicted molar refractivity (Wildman–Crippen MR) is 167 cm³/mol. The number of nitrogens with zero attached hydrogens (tertiary/aromatic N) is 3. The summed E-state index contributed by atoms with van der Waals surface area (Å²) in [6, 6.07) is 23.0. The number of ketones is 1. The van der Waals surface area contributed by atoms with Crippen LogP contribution in [0.3, 0.4) is 0 Å². The normalized spacial score (nSPS) is 12.0. The van der Waals surface area contributed by atoms with Crippen LogP contribution in [0.4, 0.5) is 0 Å². The molecule has 0 aliphatic carbocycles. The number of hydrogen-bond acceptors (Lipinski definition) is 4. The number of carbonyl (C=O) groups excluding carboxylic acids is 1. The quantitative estimate of drug-likeness (QED) is 0.170. The summed E-state index contributed by atoms with van der Waals surface area (Å²) in [7, 11) is 0. The van der Waals surface area contributed by atoms with Crippen LogP contribution in [0.5, 0.6) is 0 Å². The fourth-order valence-corrected chi connectivity index (χ4v) is 5.16. The van der Waals surface area contributed by atoms with Gasteiger partial charge in [-0.25, -0.2) is 4.98 Å². The van der Waals surface area contributed by atoms with E-state index in [0.717, 1.165) is 39.2 Å². The van der Waals surface area contributed by atoms with Crippen molar-refractivity contribution in [2.24, 2.45) is 0 Å². The minimum Gasteiger partial charge on any atom is -0.372 e. The molecule has 6 nitrogen and oxygen atoms in total. The molecule has 0 spiro atoms. The smallest absolute Gasteiger partial charge is 0.262 e. The highest BCUT2D eigenvalue weighted by Gasteiger charge is 2.21. The first-order valence-electron chi connectivity index (χ1n) is 13.9. The van der Waals surface area contributed by atoms with E-state index in [-0.39, 0.29) is 29.6 Å². The molecular formula is C35H34ClN3O3. The van der Waals surface area contributed by atoms with Crippen LogP contribution in [0, 0.1) is 27.7 Å². The van der Waals surface area contributed by atoms with Gasteiger partial charge in [0.15, 0.2) is 5.78 Å². The number of imidazole rings is 1. The maximum Gasteiger partial charge on any atom is 0.262 e. The lowest BCUT2D eigenvalue weighted by atomic mass is 9.99. The molecule has 7 heteroatoms. The summed E-state index contributed by atoms with van der Waals surface area (Å²) in [5.41, 5.74) is 7.68. The Morgan fingerprint density at radius 2 is 1.52 bits per heavy atom. The predicted octanol–water partition coefficient (Wildman–Crippen LogP) is 7.48. The fourth-order valence-electron chi connectivity index (χ4n) is 4.98. The van der Waals surface area contributed by atoms with Gasteiger partial charge in [-0.2, -0.15) is 0 Å². The Hall–Kier alpha value is -4.26. The molecule has 0 saturated carbocycles. The lowest BCUT2D eigenvalue weighted by molar-refractivity contribution is 0.102. The Kier molecular flexibility index (Phi) is 8.57. The van der Waals surface area contributed by atoms with E-state index in [2.05, 4.69) is 4.98 Å². The van der Waals surface area contributed by atoms with Gasteiger partial charge in [-0.05, 0) is 81.1 Å². The first kappa shape index (κ1) is 29.2. The number of rotatable bonds is 9. The van der Waals surface area contributed by atoms with Crippen molar-refractivity contribution in [3.8, 4) is 5.69 Å². The van der Waals surface area contributed by atoms with Gasteiger partial charge in [0.05, 0.1) is 36.2 Å². The van der Waals surface area contributed by atoms with Gasteiger partial charge in [0.1, 0.15) is 11.5 Å². The molecule has 0 aliphatic rings. The van der Waals surface area contributed by atoms with Crippen LogP contribution in [0.25, 0.3) is 5.69 Å². The van der Waals surface area contributed by atoms with Crippen molar-refractivity contribution in [1.29, 1.82) is 0 Å². The van der Waals surface area contributed by atoms with Crippen LogP contribution in [-0.2, 0) is 18.0 Å². The lowest BCUT2D eigenvalue weighted by Gasteiger charge is -2.19. The van der Waals surface area contributed by atoms with E-state index < -0.39 is 0 Å². The Morgan fingerprint density at radius 3 is 2.14 bits per heavy atom. The zero-order valence-electron chi connectivity index (χ0n) is 24.5. The molecule has 5 aromatic rings. The summed E-state index contributed by atoms with van der Waals surface area (Å²) in [5, 5.41) is 0.517. The van der Waals surface area contributed by atoms with Gasteiger partial charge < -0.3 is 9.30 Å². The van der Waals surface area contributed by atoms with Crippen LogP contribution in [0.2, 0.25) is 5.15 Å². The SMILES string of the molecule is Cc1ccc(COCc2cc(C(=O)c3ccc(-n4cnc(C)c4Cl)c(C)c3)c(=O)n([C@@H](C)c3ccc(C)cc3)c2)cc1. The van der Waals surface area contributed by atoms with E-state index in [1.54, 1.807) is 39.9 Å². The third kappa shape index (κ3) is 6.15. The molecule has 2 aromatic heterocycles. The first-order chi connectivity index (χ1) is 20.1. The summed E-state index contributed by atoms with van der Waals surface area (Å²) in [6.45, 7) is 10.5. The van der Waals surface area contributed by atoms with E-state index in [1.807, 2.05) is 89.2 Å². The van der Waals surface area contributed by atoms with Crippen molar-refractivity contribution in [3.63, 3.8) is 0 Å². The summed E-state index contributed by atoms with van der Waals surface area (Å²) in [5.74, 6) is -0.340. The Balaban J connectivity index is 1.50. The summed E-state index contributed by atoms with van der Waals surface area (Å²) >= 11 is 6.42. The number of benzene rings is 3. The van der Waals surface area contributed by atoms with Crippen LogP contribution < -0.4 is 5.56 Å². The second-order valence-electron chi connectivity index (χ2n) is 10.9. The highest BCUT2D eigenvalue weighted by molar-refractivity contribution is 6.30. The van der Waals surface area contributed by atoms with E-state index in [4.69, 9.17) is 16.3 Å². The van der Waals surface area contributed by atoms with Gasteiger partial charge in [-0.15, -0.1) is 0 Å². The average Bonchev–Trinajstić information content (AvgIpc) is 3.31. The maximum atomic E-state index is 13.9. The number of halogens is 1. The van der Waals surface area contributed by atoms with E-state index >= 15 is 0 Å². The molecule has 42 heavy (non-hydrogen) atoms. The zero-order chi connectivity index (χ0) is 30.0. The molecule has 0 N–H and O–H groups in total. The molecule has 0 aliphatic heterocycles. The molecule has 0 bridgehead atoms. The van der Waals surface area contributed by atoms with Crippen LogP contribution in [-0.4, -0.2) is 19.9 Å². The molecule has 0 fully saturated rings. The third-order valence-electron chi connectivity index (χ3n) is 7.57. The molecular weight excluding hydrogens is 546 g/mol. The van der Waals surface area contributed by atoms with Crippen LogP contribution >= 0.6 is 11.6 Å². The minimum absolute atomic E-state index is 0.106. The standard InChI is InChI=1S/C35H34ClN3O3/c1-22-6-10-27(11-7-22)19-42-20-28-17-31(35(41)38(18-28)26(5)29-12-8-23(2)9-13-29)33(40)30-14-15-32(24(3)16-30)39-21-37-25(4)34(39)36/h6-18,21,26H,19-20H2,1-5H3/t26-/m0/s1. The summed E-state index contributed by atoms with van der Waals surface area (Å²) < 4.78 is 9.45. The van der Waals surface area contributed by atoms with Crippen molar-refractivity contribution in [2.45, 2.75) is 53.9 Å². The number of carbonyl (C=O) groups is 1. The number of aromatic nitrogens is 3. The number of hydrogen-bond donors (Lipinski definition) is 0. The lowest BCUT2D eigenvalue weighted by Crippen LogP contribution is -2.30. The zero-order valence-corrected chi connectivity index (χ0v) is 25.3. The highest BCUT2D eigenvalue weighted by atomic mass is 35.5. The fraction of sp³-hybridized carbons (Fsp3) is 0.229. The molecule has 0 radical (unpaired) electrons. The second-order valence-corrected chi connectivity index (χ2v) is 11.2. The van der Waals surface area contributed by atoms with Gasteiger partial charge in [0.25, 0.3) is 5.56 Å². The number of pyridine rings is 1. The van der Waals surface area contributed by atoms with E-state index in [1.165, 1.54) is 5.56 Å². The number of ether oxygens (including phenoxy) is 1. The van der Waals surface area contributed by atoms with Crippen LogP contribution in [0.1, 0.15) is 68.0 Å². The van der Waals surface area contributed by atoms with Crippen molar-refractivity contribution in [1.82, 2.24) is 14.1 Å². The Labute approximate surface area is 251 Å². The van der Waals surface area contributed by atoms with Crippen LogP contribution in [0.15, 0.2) is 90.1 Å². The van der Waals surface area contributed by atoms with Crippen molar-refractivity contribution in [3.05, 3.63) is 151 Å². The Morgan fingerprint density at radius 1 is 0.881 bits per heavy atom. The average molecular weight is 580 g/mol. The first-order valence-corrected chi connectivity index (χ1v) is 14.3. The third-order valence-corrected chi connectivity index (χ3v) is 8.03. The van der Waals surface area contributed by atoms with Gasteiger partial charge in [-0.3, -0.25) is 14.2 Å². The van der Waals surface area contributed by atoms with Gasteiger partial charge in [-0.1, -0.05) is 71.3 Å². The minimum atomic E-state index is -0.342. The molecule has 214 valence electrons. The van der Waals surface area contributed by atoms with Crippen molar-refractivity contribution in [2.75, 3.05) is 0 Å². The van der Waals surface area contributed by atoms with Crippen molar-refractivity contribution >= 4 is 17.4 Å². The summed E-state index contributed by atoms with van der Waals surface area (Å²) in [4.78, 5) is 32.0. The largest absolute Gasteiger partial charge is 0.372 e. The van der Waals surface area contributed by atoms with Gasteiger partial charge in [0.2, 0.25) is 0 Å². The van der Waals surface area contributed by atoms with Crippen molar-refractivity contribution < 1.29 is 9.53 Å². The molecule has 1 atom stereocenters.